The molecule has 0 heterocycles. The molecule has 0 radical (unpaired) electrons. The number of benzene rings is 1. The number of thioether (sulfide) groups is 1. The van der Waals surface area contributed by atoms with Gasteiger partial charge in [-0.2, -0.15) is 0 Å². The summed E-state index contributed by atoms with van der Waals surface area (Å²) in [5.74, 6) is 3.01. The van der Waals surface area contributed by atoms with Crippen LogP contribution in [0.15, 0.2) is 29.2 Å². The van der Waals surface area contributed by atoms with Gasteiger partial charge in [-0.15, -0.1) is 11.8 Å². The molecule has 1 aliphatic carbocycles. The number of nitrogens with one attached hydrogen (secondary N) is 1. The zero-order chi connectivity index (χ0) is 12.6. The highest BCUT2D eigenvalue weighted by atomic mass is 32.2. The van der Waals surface area contributed by atoms with Crippen LogP contribution in [0, 0.1) is 5.92 Å². The van der Waals surface area contributed by atoms with E-state index in [4.69, 9.17) is 4.74 Å². The zero-order valence-corrected chi connectivity index (χ0v) is 12.0. The summed E-state index contributed by atoms with van der Waals surface area (Å²) in [5.41, 5.74) is 0. The number of methoxy groups -OCH3 is 1. The topological polar surface area (TPSA) is 21.3 Å². The third kappa shape index (κ3) is 4.54. The highest BCUT2D eigenvalue weighted by molar-refractivity contribution is 7.99. The lowest BCUT2D eigenvalue weighted by Gasteiger charge is -2.10. The lowest BCUT2D eigenvalue weighted by atomic mass is 10.1. The summed E-state index contributed by atoms with van der Waals surface area (Å²) < 4.78 is 5.22. The van der Waals surface area contributed by atoms with Gasteiger partial charge in [-0.1, -0.05) is 18.9 Å². The summed E-state index contributed by atoms with van der Waals surface area (Å²) in [4.78, 5) is 1.29. The minimum absolute atomic E-state index is 0.937. The molecule has 1 aliphatic rings. The van der Waals surface area contributed by atoms with Gasteiger partial charge in [-0.3, -0.25) is 0 Å². The van der Waals surface area contributed by atoms with Crippen LogP contribution < -0.4 is 10.1 Å². The minimum Gasteiger partial charge on any atom is -0.497 e. The molecule has 0 spiro atoms. The van der Waals surface area contributed by atoms with E-state index >= 15 is 0 Å². The van der Waals surface area contributed by atoms with Gasteiger partial charge in [-0.25, -0.2) is 0 Å². The Labute approximate surface area is 114 Å². The summed E-state index contributed by atoms with van der Waals surface area (Å²) in [7, 11) is 1.72. The Bertz CT molecular complexity index is 350. The molecule has 1 fully saturated rings. The third-order valence-electron chi connectivity index (χ3n) is 3.50. The van der Waals surface area contributed by atoms with Crippen LogP contribution in [-0.4, -0.2) is 26.0 Å². The van der Waals surface area contributed by atoms with Crippen LogP contribution in [0.5, 0.6) is 5.75 Å². The quantitative estimate of drug-likeness (QED) is 0.601. The second-order valence-electron chi connectivity index (χ2n) is 4.88. The van der Waals surface area contributed by atoms with Crippen LogP contribution in [0.25, 0.3) is 0 Å². The van der Waals surface area contributed by atoms with E-state index < -0.39 is 0 Å². The van der Waals surface area contributed by atoms with E-state index in [0.29, 0.717) is 0 Å². The molecule has 0 saturated heterocycles. The van der Waals surface area contributed by atoms with E-state index in [1.807, 2.05) is 23.9 Å². The van der Waals surface area contributed by atoms with Crippen molar-refractivity contribution in [1.82, 2.24) is 5.32 Å². The average molecular weight is 265 g/mol. The van der Waals surface area contributed by atoms with Crippen LogP contribution in [-0.2, 0) is 0 Å². The Morgan fingerprint density at radius 1 is 1.33 bits per heavy atom. The maximum absolute atomic E-state index is 5.22. The monoisotopic (exact) mass is 265 g/mol. The van der Waals surface area contributed by atoms with Gasteiger partial charge in [-0.05, 0) is 43.5 Å². The molecule has 0 aromatic heterocycles. The van der Waals surface area contributed by atoms with Gasteiger partial charge in [0.2, 0.25) is 0 Å². The van der Waals surface area contributed by atoms with E-state index in [2.05, 4.69) is 17.4 Å². The standard InChI is InChI=1S/C15H23NOS/c1-17-14-7-4-8-15(11-14)18-10-9-16-12-13-5-2-3-6-13/h4,7-8,11,13,16H,2-3,5-6,9-10,12H2,1H3. The molecule has 2 rings (SSSR count). The van der Waals surface area contributed by atoms with Gasteiger partial charge in [0, 0.05) is 17.2 Å². The van der Waals surface area contributed by atoms with Crippen LogP contribution in [0.2, 0.25) is 0 Å². The molecular weight excluding hydrogens is 242 g/mol. The van der Waals surface area contributed by atoms with Crippen LogP contribution in [0.1, 0.15) is 25.7 Å². The van der Waals surface area contributed by atoms with Crippen LogP contribution >= 0.6 is 11.8 Å². The number of hydrogen-bond acceptors (Lipinski definition) is 3. The molecule has 0 amide bonds. The van der Waals surface area contributed by atoms with Crippen molar-refractivity contribution in [2.45, 2.75) is 30.6 Å². The van der Waals surface area contributed by atoms with Crippen molar-refractivity contribution in [3.05, 3.63) is 24.3 Å². The number of ether oxygens (including phenoxy) is 1. The molecule has 1 aromatic rings. The van der Waals surface area contributed by atoms with E-state index in [9.17, 15) is 0 Å². The van der Waals surface area contributed by atoms with E-state index in [1.54, 1.807) is 7.11 Å². The molecule has 0 atom stereocenters. The predicted octanol–water partition coefficient (Wildman–Crippen LogP) is 3.57. The Morgan fingerprint density at radius 3 is 2.94 bits per heavy atom. The molecule has 0 unspecified atom stereocenters. The third-order valence-corrected chi connectivity index (χ3v) is 4.49. The van der Waals surface area contributed by atoms with Gasteiger partial charge < -0.3 is 10.1 Å². The second-order valence-corrected chi connectivity index (χ2v) is 6.05. The number of rotatable bonds is 7. The SMILES string of the molecule is COc1cccc(SCCNCC2CCCC2)c1. The molecule has 0 bridgehead atoms. The maximum Gasteiger partial charge on any atom is 0.119 e. The predicted molar refractivity (Wildman–Crippen MR) is 78.5 cm³/mol. The van der Waals surface area contributed by atoms with E-state index in [1.165, 1.54) is 37.1 Å². The Balaban J connectivity index is 1.59. The number of hydrogen-bond donors (Lipinski definition) is 1. The maximum atomic E-state index is 5.22. The average Bonchev–Trinajstić information content (AvgIpc) is 2.92. The summed E-state index contributed by atoms with van der Waals surface area (Å²) in [6.45, 7) is 2.30. The smallest absolute Gasteiger partial charge is 0.119 e. The van der Waals surface area contributed by atoms with Gasteiger partial charge in [0.05, 0.1) is 7.11 Å². The van der Waals surface area contributed by atoms with E-state index in [0.717, 1.165) is 24.0 Å². The van der Waals surface area contributed by atoms with Gasteiger partial charge in [0.25, 0.3) is 0 Å². The second kappa shape index (κ2) is 7.70. The molecule has 18 heavy (non-hydrogen) atoms. The van der Waals surface area contributed by atoms with Gasteiger partial charge in [0.15, 0.2) is 0 Å². The first-order chi connectivity index (χ1) is 8.88. The molecule has 1 saturated carbocycles. The van der Waals surface area contributed by atoms with Crippen LogP contribution in [0.4, 0.5) is 0 Å². The summed E-state index contributed by atoms with van der Waals surface area (Å²) in [5, 5.41) is 3.57. The van der Waals surface area contributed by atoms with Crippen LogP contribution in [0.3, 0.4) is 0 Å². The van der Waals surface area contributed by atoms with Crippen molar-refractivity contribution in [3.8, 4) is 5.75 Å². The highest BCUT2D eigenvalue weighted by Gasteiger charge is 2.13. The van der Waals surface area contributed by atoms with Gasteiger partial charge >= 0.3 is 0 Å². The summed E-state index contributed by atoms with van der Waals surface area (Å²) in [6.07, 6.45) is 5.72. The largest absolute Gasteiger partial charge is 0.497 e. The van der Waals surface area contributed by atoms with Crippen molar-refractivity contribution in [1.29, 1.82) is 0 Å². The first kappa shape index (κ1) is 13.8. The van der Waals surface area contributed by atoms with Crippen molar-refractivity contribution in [2.24, 2.45) is 5.92 Å². The fourth-order valence-electron chi connectivity index (χ4n) is 2.45. The van der Waals surface area contributed by atoms with Gasteiger partial charge in [0.1, 0.15) is 5.75 Å². The summed E-state index contributed by atoms with van der Waals surface area (Å²) >= 11 is 1.89. The Hall–Kier alpha value is -0.670. The lowest BCUT2D eigenvalue weighted by molar-refractivity contribution is 0.413. The molecule has 1 aromatic carbocycles. The molecule has 2 nitrogen and oxygen atoms in total. The van der Waals surface area contributed by atoms with Crippen molar-refractivity contribution in [2.75, 3.05) is 26.0 Å². The van der Waals surface area contributed by atoms with Crippen molar-refractivity contribution in [3.63, 3.8) is 0 Å². The minimum atomic E-state index is 0.937. The zero-order valence-electron chi connectivity index (χ0n) is 11.2. The lowest BCUT2D eigenvalue weighted by Crippen LogP contribution is -2.23. The van der Waals surface area contributed by atoms with Crippen molar-refractivity contribution < 1.29 is 4.74 Å². The first-order valence-electron chi connectivity index (χ1n) is 6.86. The fraction of sp³-hybridized carbons (Fsp3) is 0.600. The molecule has 3 heteroatoms. The molecule has 100 valence electrons. The van der Waals surface area contributed by atoms with E-state index in [-0.39, 0.29) is 0 Å². The summed E-state index contributed by atoms with van der Waals surface area (Å²) in [6, 6.07) is 8.28. The molecule has 1 N–H and O–H groups in total. The Kier molecular flexibility index (Phi) is 5.88. The van der Waals surface area contributed by atoms with Crippen molar-refractivity contribution >= 4 is 11.8 Å². The normalized spacial score (nSPS) is 16.1. The first-order valence-corrected chi connectivity index (χ1v) is 7.84. The molecule has 0 aliphatic heterocycles. The molecular formula is C15H23NOS. The fourth-order valence-corrected chi connectivity index (χ4v) is 3.31. The Morgan fingerprint density at radius 2 is 2.17 bits per heavy atom. The highest BCUT2D eigenvalue weighted by Crippen LogP contribution is 2.24.